The van der Waals surface area contributed by atoms with Crippen LogP contribution in [0, 0.1) is 13.8 Å². The summed E-state index contributed by atoms with van der Waals surface area (Å²) in [7, 11) is 0. The number of aromatic nitrogens is 2. The summed E-state index contributed by atoms with van der Waals surface area (Å²) in [5.74, 6) is -0.178. The third-order valence-electron chi connectivity index (χ3n) is 4.30. The Labute approximate surface area is 150 Å². The summed E-state index contributed by atoms with van der Waals surface area (Å²) in [4.78, 5) is 17.0. The van der Waals surface area contributed by atoms with Crippen molar-refractivity contribution in [3.8, 4) is 11.3 Å². The van der Waals surface area contributed by atoms with Crippen LogP contribution in [0.25, 0.3) is 22.2 Å². The third kappa shape index (κ3) is 2.95. The molecule has 128 valence electrons. The highest BCUT2D eigenvalue weighted by atomic mass is 16.5. The molecule has 0 atom stereocenters. The predicted octanol–water partition coefficient (Wildman–Crippen LogP) is 4.76. The average molecular weight is 343 g/mol. The minimum atomic E-state index is -0.343. The monoisotopic (exact) mass is 343 g/mol. The summed E-state index contributed by atoms with van der Waals surface area (Å²) in [6.45, 7) is 4.01. The molecule has 5 heteroatoms. The van der Waals surface area contributed by atoms with Gasteiger partial charge in [0.2, 0.25) is 5.76 Å². The maximum absolute atomic E-state index is 12.6. The molecule has 0 radical (unpaired) electrons. The standard InChI is InChI=1S/C21H17N3O2/c1-13-5-8-15(9-6-13)18-12-19(26-24-18)21(25)23-17-10-7-14(2)20-16(17)4-3-11-22-20/h3-12H,1-2H3,(H,23,25). The number of amides is 1. The number of fused-ring (bicyclic) bond motifs is 1. The minimum Gasteiger partial charge on any atom is -0.350 e. The van der Waals surface area contributed by atoms with Gasteiger partial charge in [0.05, 0.1) is 11.2 Å². The second-order valence-electron chi connectivity index (χ2n) is 6.23. The largest absolute Gasteiger partial charge is 0.350 e. The Morgan fingerprint density at radius 1 is 1.04 bits per heavy atom. The summed E-state index contributed by atoms with van der Waals surface area (Å²) in [6, 6.07) is 17.1. The van der Waals surface area contributed by atoms with Gasteiger partial charge in [0, 0.05) is 23.2 Å². The smallest absolute Gasteiger partial charge is 0.294 e. The zero-order chi connectivity index (χ0) is 18.1. The van der Waals surface area contributed by atoms with Crippen LogP contribution in [-0.2, 0) is 0 Å². The van der Waals surface area contributed by atoms with E-state index in [4.69, 9.17) is 4.52 Å². The van der Waals surface area contributed by atoms with E-state index >= 15 is 0 Å². The summed E-state index contributed by atoms with van der Waals surface area (Å²) < 4.78 is 5.24. The molecule has 0 unspecified atom stereocenters. The summed E-state index contributed by atoms with van der Waals surface area (Å²) in [5, 5.41) is 7.78. The van der Waals surface area contributed by atoms with Crippen molar-refractivity contribution in [2.75, 3.05) is 5.32 Å². The molecule has 4 aromatic rings. The molecular formula is C21H17N3O2. The van der Waals surface area contributed by atoms with E-state index in [0.29, 0.717) is 11.4 Å². The first-order chi connectivity index (χ1) is 12.6. The molecule has 2 aromatic carbocycles. The quantitative estimate of drug-likeness (QED) is 0.582. The maximum Gasteiger partial charge on any atom is 0.294 e. The Bertz CT molecular complexity index is 1100. The maximum atomic E-state index is 12.6. The Morgan fingerprint density at radius 2 is 1.85 bits per heavy atom. The van der Waals surface area contributed by atoms with E-state index in [1.807, 2.05) is 62.4 Å². The van der Waals surface area contributed by atoms with Crippen LogP contribution in [0.15, 0.2) is 65.3 Å². The van der Waals surface area contributed by atoms with Gasteiger partial charge in [-0.3, -0.25) is 9.78 Å². The number of benzene rings is 2. The van der Waals surface area contributed by atoms with Gasteiger partial charge >= 0.3 is 0 Å². The molecule has 2 aromatic heterocycles. The molecule has 0 saturated carbocycles. The first-order valence-corrected chi connectivity index (χ1v) is 8.31. The molecule has 2 heterocycles. The Kier molecular flexibility index (Phi) is 3.97. The molecule has 4 rings (SSSR count). The number of hydrogen-bond acceptors (Lipinski definition) is 4. The highest BCUT2D eigenvalue weighted by Crippen LogP contribution is 2.26. The molecule has 1 amide bonds. The van der Waals surface area contributed by atoms with Crippen molar-refractivity contribution >= 4 is 22.5 Å². The number of hydrogen-bond donors (Lipinski definition) is 1. The van der Waals surface area contributed by atoms with Gasteiger partial charge in [-0.05, 0) is 37.6 Å². The van der Waals surface area contributed by atoms with Gasteiger partial charge in [0.25, 0.3) is 5.91 Å². The number of carbonyl (C=O) groups excluding carboxylic acids is 1. The molecule has 0 aliphatic rings. The molecule has 0 aliphatic heterocycles. The van der Waals surface area contributed by atoms with E-state index < -0.39 is 0 Å². The summed E-state index contributed by atoms with van der Waals surface area (Å²) in [6.07, 6.45) is 1.74. The third-order valence-corrected chi connectivity index (χ3v) is 4.30. The highest BCUT2D eigenvalue weighted by molar-refractivity contribution is 6.08. The lowest BCUT2D eigenvalue weighted by Gasteiger charge is -2.08. The molecule has 0 aliphatic carbocycles. The van der Waals surface area contributed by atoms with Crippen LogP contribution >= 0.6 is 0 Å². The minimum absolute atomic E-state index is 0.165. The summed E-state index contributed by atoms with van der Waals surface area (Å²) in [5.41, 5.74) is 5.31. The Balaban J connectivity index is 1.62. The second kappa shape index (κ2) is 6.44. The van der Waals surface area contributed by atoms with Gasteiger partial charge in [0.15, 0.2) is 0 Å². The van der Waals surface area contributed by atoms with Gasteiger partial charge in [-0.2, -0.15) is 0 Å². The molecule has 1 N–H and O–H groups in total. The fourth-order valence-corrected chi connectivity index (χ4v) is 2.85. The molecule has 0 fully saturated rings. The van der Waals surface area contributed by atoms with Crippen LogP contribution in [0.3, 0.4) is 0 Å². The molecule has 5 nitrogen and oxygen atoms in total. The van der Waals surface area contributed by atoms with E-state index in [1.165, 1.54) is 0 Å². The van der Waals surface area contributed by atoms with Crippen LogP contribution in [0.4, 0.5) is 5.69 Å². The fourth-order valence-electron chi connectivity index (χ4n) is 2.85. The molecular weight excluding hydrogens is 326 g/mol. The van der Waals surface area contributed by atoms with Crippen molar-refractivity contribution in [3.05, 3.63) is 77.7 Å². The van der Waals surface area contributed by atoms with Gasteiger partial charge in [-0.25, -0.2) is 0 Å². The number of pyridine rings is 1. The van der Waals surface area contributed by atoms with Crippen LogP contribution in [-0.4, -0.2) is 16.0 Å². The van der Waals surface area contributed by atoms with Crippen molar-refractivity contribution in [2.45, 2.75) is 13.8 Å². The Hall–Kier alpha value is -3.47. The van der Waals surface area contributed by atoms with Gasteiger partial charge in [-0.15, -0.1) is 0 Å². The SMILES string of the molecule is Cc1ccc(-c2cc(C(=O)Nc3ccc(C)c4ncccc34)on2)cc1. The van der Waals surface area contributed by atoms with Crippen molar-refractivity contribution < 1.29 is 9.32 Å². The zero-order valence-electron chi connectivity index (χ0n) is 14.5. The van der Waals surface area contributed by atoms with E-state index in [1.54, 1.807) is 12.3 Å². The van der Waals surface area contributed by atoms with Gasteiger partial charge in [0.1, 0.15) is 5.69 Å². The average Bonchev–Trinajstić information content (AvgIpc) is 3.15. The fraction of sp³-hybridized carbons (Fsp3) is 0.0952. The van der Waals surface area contributed by atoms with Gasteiger partial charge in [-0.1, -0.05) is 41.1 Å². The lowest BCUT2D eigenvalue weighted by Crippen LogP contribution is -2.11. The Morgan fingerprint density at radius 3 is 2.65 bits per heavy atom. The summed E-state index contributed by atoms with van der Waals surface area (Å²) >= 11 is 0. The molecule has 26 heavy (non-hydrogen) atoms. The number of nitrogens with one attached hydrogen (secondary N) is 1. The van der Waals surface area contributed by atoms with Crippen LogP contribution in [0.1, 0.15) is 21.7 Å². The first kappa shape index (κ1) is 16.0. The zero-order valence-corrected chi connectivity index (χ0v) is 14.5. The van der Waals surface area contributed by atoms with E-state index in [0.717, 1.165) is 27.6 Å². The number of rotatable bonds is 3. The predicted molar refractivity (Wildman–Crippen MR) is 101 cm³/mol. The van der Waals surface area contributed by atoms with Crippen molar-refractivity contribution in [1.29, 1.82) is 0 Å². The topological polar surface area (TPSA) is 68.0 Å². The second-order valence-corrected chi connectivity index (χ2v) is 6.23. The lowest BCUT2D eigenvalue weighted by molar-refractivity contribution is 0.0988. The number of aryl methyl sites for hydroxylation is 2. The first-order valence-electron chi connectivity index (χ1n) is 8.31. The molecule has 0 spiro atoms. The van der Waals surface area contributed by atoms with Crippen molar-refractivity contribution in [2.24, 2.45) is 0 Å². The van der Waals surface area contributed by atoms with E-state index in [-0.39, 0.29) is 11.7 Å². The van der Waals surface area contributed by atoms with Crippen LogP contribution in [0.2, 0.25) is 0 Å². The lowest BCUT2D eigenvalue weighted by atomic mass is 10.1. The number of nitrogens with zero attached hydrogens (tertiary/aromatic N) is 2. The molecule has 0 bridgehead atoms. The molecule has 0 saturated heterocycles. The van der Waals surface area contributed by atoms with E-state index in [2.05, 4.69) is 15.5 Å². The van der Waals surface area contributed by atoms with Crippen LogP contribution < -0.4 is 5.32 Å². The van der Waals surface area contributed by atoms with Crippen molar-refractivity contribution in [1.82, 2.24) is 10.1 Å². The van der Waals surface area contributed by atoms with Crippen LogP contribution in [0.5, 0.6) is 0 Å². The van der Waals surface area contributed by atoms with Crippen molar-refractivity contribution in [3.63, 3.8) is 0 Å². The highest BCUT2D eigenvalue weighted by Gasteiger charge is 2.16. The van der Waals surface area contributed by atoms with Gasteiger partial charge < -0.3 is 9.84 Å². The van der Waals surface area contributed by atoms with E-state index in [9.17, 15) is 4.79 Å². The number of anilines is 1. The number of carbonyl (C=O) groups is 1. The normalized spacial score (nSPS) is 10.8.